The molecule has 1 heterocycles. The molecule has 0 spiro atoms. The number of nitrogens with one attached hydrogen (secondary N) is 1. The van der Waals surface area contributed by atoms with Crippen LogP contribution in [0.5, 0.6) is 5.75 Å². The molecule has 11 heteroatoms. The average Bonchev–Trinajstić information content (AvgIpc) is 3.34. The Morgan fingerprint density at radius 2 is 1.52 bits per heavy atom. The third-order valence-corrected chi connectivity index (χ3v) is 11.4. The summed E-state index contributed by atoms with van der Waals surface area (Å²) in [5.74, 6) is -0.841. The minimum atomic E-state index is -4.13. The first kappa shape index (κ1) is 29.4. The molecule has 0 fully saturated rings. The fourth-order valence-corrected chi connectivity index (χ4v) is 7.88. The lowest BCUT2D eigenvalue weighted by atomic mass is 10.1. The van der Waals surface area contributed by atoms with Crippen LogP contribution < -0.4 is 5.32 Å². The van der Waals surface area contributed by atoms with Gasteiger partial charge in [-0.2, -0.15) is 0 Å². The van der Waals surface area contributed by atoms with E-state index in [2.05, 4.69) is 5.32 Å². The number of phenols is 1. The smallest absolute Gasteiger partial charge is 0.255 e. The average molecular weight is 599 g/mol. The van der Waals surface area contributed by atoms with Crippen molar-refractivity contribution in [2.75, 3.05) is 12.8 Å². The van der Waals surface area contributed by atoms with Gasteiger partial charge in [-0.3, -0.25) is 4.79 Å². The molecule has 1 amide bonds. The highest BCUT2D eigenvalue weighted by atomic mass is 32.2. The third-order valence-electron chi connectivity index (χ3n) is 6.62. The number of para-hydroxylation sites is 1. The molecule has 3 aromatic carbocycles. The number of sulfone groups is 2. The van der Waals surface area contributed by atoms with Crippen molar-refractivity contribution < 1.29 is 26.7 Å². The Bertz CT molecular complexity index is 1730. The van der Waals surface area contributed by atoms with Crippen molar-refractivity contribution in [3.8, 4) is 17.0 Å². The molecule has 4 rings (SSSR count). The number of aromatic hydroxyl groups is 1. The predicted molar refractivity (Wildman–Crippen MR) is 156 cm³/mol. The van der Waals surface area contributed by atoms with Crippen molar-refractivity contribution in [2.45, 2.75) is 41.2 Å². The summed E-state index contributed by atoms with van der Waals surface area (Å²) in [6, 6.07) is 20.7. The molecular weight excluding hydrogens is 569 g/mol. The topological polar surface area (TPSA) is 130 Å². The molecule has 2 N–H and O–H groups in total. The van der Waals surface area contributed by atoms with Gasteiger partial charge in [-0.15, -0.1) is 11.3 Å². The molecule has 0 radical (unpaired) electrons. The molecule has 0 aliphatic carbocycles. The molecule has 1 aromatic heterocycles. The number of aryl methyl sites for hydroxylation is 1. The van der Waals surface area contributed by atoms with Crippen molar-refractivity contribution in [2.24, 2.45) is 0 Å². The molecule has 210 valence electrons. The fraction of sp³-hybridized carbons (Fsp3) is 0.241. The van der Waals surface area contributed by atoms with E-state index in [9.17, 15) is 26.7 Å². The molecule has 8 nitrogen and oxygen atoms in total. The Morgan fingerprint density at radius 3 is 2.12 bits per heavy atom. The standard InChI is InChI=1S/C29H30N2O6S3/c1-4-25-27(20-10-6-5-7-11-20)31-26(38-25)18-29(2,19-30-28(33)23-12-8-9-13-24(23)32)40(36,37)22-16-14-21(15-17-22)39(3,34)35/h5-17,32H,4,18-19H2,1-3H3,(H,30,33). The Balaban J connectivity index is 1.74. The maximum absolute atomic E-state index is 14.1. The van der Waals surface area contributed by atoms with E-state index in [1.807, 2.05) is 37.3 Å². The van der Waals surface area contributed by atoms with Crippen LogP contribution in [0.1, 0.15) is 34.1 Å². The quantitative estimate of drug-likeness (QED) is 0.271. The Hall–Kier alpha value is -3.54. The van der Waals surface area contributed by atoms with Crippen LogP contribution in [-0.4, -0.2) is 50.4 Å². The summed E-state index contributed by atoms with van der Waals surface area (Å²) >= 11 is 1.42. The third kappa shape index (κ3) is 6.11. The summed E-state index contributed by atoms with van der Waals surface area (Å²) in [5, 5.41) is 13.4. The van der Waals surface area contributed by atoms with E-state index in [0.717, 1.165) is 22.4 Å². The summed E-state index contributed by atoms with van der Waals surface area (Å²) in [7, 11) is -7.65. The van der Waals surface area contributed by atoms with Crippen LogP contribution in [0.3, 0.4) is 0 Å². The fourth-order valence-electron chi connectivity index (χ4n) is 4.29. The number of benzene rings is 3. The van der Waals surface area contributed by atoms with E-state index in [1.54, 1.807) is 12.1 Å². The van der Waals surface area contributed by atoms with Gasteiger partial charge in [0.15, 0.2) is 19.7 Å². The van der Waals surface area contributed by atoms with E-state index in [0.29, 0.717) is 11.4 Å². The molecule has 1 unspecified atom stereocenters. The van der Waals surface area contributed by atoms with Crippen molar-refractivity contribution in [1.29, 1.82) is 0 Å². The number of carbonyl (C=O) groups excluding carboxylic acids is 1. The van der Waals surface area contributed by atoms with Gasteiger partial charge >= 0.3 is 0 Å². The van der Waals surface area contributed by atoms with Crippen LogP contribution in [0, 0.1) is 0 Å². The zero-order valence-electron chi connectivity index (χ0n) is 22.3. The highest BCUT2D eigenvalue weighted by molar-refractivity contribution is 7.93. The zero-order chi connectivity index (χ0) is 29.1. The number of aromatic nitrogens is 1. The lowest BCUT2D eigenvalue weighted by Gasteiger charge is -2.29. The van der Waals surface area contributed by atoms with E-state index < -0.39 is 30.3 Å². The molecule has 0 saturated heterocycles. The summed E-state index contributed by atoms with van der Waals surface area (Å²) in [5.41, 5.74) is 1.74. The first-order valence-electron chi connectivity index (χ1n) is 12.5. The Morgan fingerprint density at radius 1 is 0.925 bits per heavy atom. The van der Waals surface area contributed by atoms with Gasteiger partial charge in [0.05, 0.1) is 30.8 Å². The highest BCUT2D eigenvalue weighted by Crippen LogP contribution is 2.35. The van der Waals surface area contributed by atoms with Crippen molar-refractivity contribution in [3.63, 3.8) is 0 Å². The van der Waals surface area contributed by atoms with Gasteiger partial charge in [-0.1, -0.05) is 49.4 Å². The van der Waals surface area contributed by atoms with Crippen LogP contribution in [0.2, 0.25) is 0 Å². The first-order valence-corrected chi connectivity index (χ1v) is 16.7. The molecular formula is C29H30N2O6S3. The van der Waals surface area contributed by atoms with Gasteiger partial charge < -0.3 is 10.4 Å². The lowest BCUT2D eigenvalue weighted by molar-refractivity contribution is 0.0947. The number of carbonyl (C=O) groups is 1. The van der Waals surface area contributed by atoms with Gasteiger partial charge in [0, 0.05) is 29.7 Å². The first-order chi connectivity index (χ1) is 18.9. The van der Waals surface area contributed by atoms with Gasteiger partial charge in [0.2, 0.25) is 0 Å². The molecule has 0 saturated carbocycles. The number of hydrogen-bond acceptors (Lipinski definition) is 8. The summed E-state index contributed by atoms with van der Waals surface area (Å²) in [6.45, 7) is 3.26. The Kier molecular flexibility index (Phi) is 8.48. The normalized spacial score (nSPS) is 13.5. The second-order valence-corrected chi connectivity index (χ2v) is 15.3. The van der Waals surface area contributed by atoms with E-state index in [1.165, 1.54) is 54.7 Å². The van der Waals surface area contributed by atoms with Gasteiger partial charge in [-0.25, -0.2) is 21.8 Å². The predicted octanol–water partition coefficient (Wildman–Crippen LogP) is 4.69. The monoisotopic (exact) mass is 598 g/mol. The number of phenolic OH excluding ortho intramolecular Hbond substituents is 1. The summed E-state index contributed by atoms with van der Waals surface area (Å²) < 4.78 is 50.5. The van der Waals surface area contributed by atoms with E-state index in [4.69, 9.17) is 4.98 Å². The SMILES string of the molecule is CCc1sc(CC(C)(CNC(=O)c2ccccc2O)S(=O)(=O)c2ccc(S(C)(=O)=O)cc2)nc1-c1ccccc1. The number of thiazole rings is 1. The molecule has 0 aliphatic rings. The lowest BCUT2D eigenvalue weighted by Crippen LogP contribution is -2.48. The highest BCUT2D eigenvalue weighted by Gasteiger charge is 2.42. The molecule has 0 aliphatic heterocycles. The van der Waals surface area contributed by atoms with Crippen molar-refractivity contribution in [1.82, 2.24) is 10.3 Å². The molecule has 0 bridgehead atoms. The zero-order valence-corrected chi connectivity index (χ0v) is 24.7. The van der Waals surface area contributed by atoms with Gasteiger partial charge in [0.25, 0.3) is 5.91 Å². The van der Waals surface area contributed by atoms with Gasteiger partial charge in [0.1, 0.15) is 5.75 Å². The Labute approximate surface area is 238 Å². The molecule has 4 aromatic rings. The second kappa shape index (κ2) is 11.5. The van der Waals surface area contributed by atoms with Crippen LogP contribution in [0.4, 0.5) is 0 Å². The molecule has 40 heavy (non-hydrogen) atoms. The van der Waals surface area contributed by atoms with Crippen molar-refractivity contribution in [3.05, 3.63) is 94.3 Å². The van der Waals surface area contributed by atoms with Crippen LogP contribution in [0.15, 0.2) is 88.7 Å². The summed E-state index contributed by atoms with van der Waals surface area (Å²) in [4.78, 5) is 18.7. The van der Waals surface area contributed by atoms with Crippen LogP contribution >= 0.6 is 11.3 Å². The van der Waals surface area contributed by atoms with E-state index in [-0.39, 0.29) is 34.1 Å². The van der Waals surface area contributed by atoms with Crippen molar-refractivity contribution >= 4 is 36.9 Å². The minimum Gasteiger partial charge on any atom is -0.507 e. The minimum absolute atomic E-state index is 0.000947. The van der Waals surface area contributed by atoms with Crippen LogP contribution in [0.25, 0.3) is 11.3 Å². The maximum Gasteiger partial charge on any atom is 0.255 e. The molecule has 1 atom stereocenters. The largest absolute Gasteiger partial charge is 0.507 e. The summed E-state index contributed by atoms with van der Waals surface area (Å²) in [6.07, 6.45) is 1.75. The second-order valence-electron chi connectivity index (χ2n) is 9.67. The van der Waals surface area contributed by atoms with E-state index >= 15 is 0 Å². The van der Waals surface area contributed by atoms with Gasteiger partial charge in [-0.05, 0) is 49.7 Å². The number of rotatable bonds is 10. The number of amides is 1. The number of hydrogen-bond donors (Lipinski definition) is 2. The maximum atomic E-state index is 14.1. The number of nitrogens with zero attached hydrogens (tertiary/aromatic N) is 1. The van der Waals surface area contributed by atoms with Crippen LogP contribution in [-0.2, 0) is 32.5 Å².